The second-order valence-electron chi connectivity index (χ2n) is 5.53. The molecule has 0 amide bonds. The van der Waals surface area contributed by atoms with Crippen molar-refractivity contribution in [3.8, 4) is 0 Å². The average molecular weight is 191 g/mol. The molecule has 78 valence electrons. The summed E-state index contributed by atoms with van der Waals surface area (Å²) in [6.45, 7) is 0. The molecule has 0 aromatic heterocycles. The molecule has 3 aliphatic rings. The van der Waals surface area contributed by atoms with Crippen LogP contribution >= 0.6 is 0 Å². The third-order valence-corrected chi connectivity index (χ3v) is 4.82. The van der Waals surface area contributed by atoms with Gasteiger partial charge in [-0.1, -0.05) is 24.5 Å². The monoisotopic (exact) mass is 191 g/mol. The Hall–Kier alpha value is -0.300. The van der Waals surface area contributed by atoms with Gasteiger partial charge in [-0.2, -0.15) is 0 Å². The van der Waals surface area contributed by atoms with Crippen LogP contribution in [-0.4, -0.2) is 6.04 Å². The minimum absolute atomic E-state index is 0.426. The number of hydrogen-bond acceptors (Lipinski definition) is 1. The first-order valence-corrected chi connectivity index (χ1v) is 6.27. The fourth-order valence-electron chi connectivity index (χ4n) is 3.82. The fourth-order valence-corrected chi connectivity index (χ4v) is 3.82. The molecule has 14 heavy (non-hydrogen) atoms. The summed E-state index contributed by atoms with van der Waals surface area (Å²) in [5, 5.41) is 0. The van der Waals surface area contributed by atoms with E-state index in [1.165, 1.54) is 51.4 Å². The van der Waals surface area contributed by atoms with E-state index in [0.717, 1.165) is 5.92 Å². The van der Waals surface area contributed by atoms with Gasteiger partial charge in [-0.15, -0.1) is 0 Å². The second-order valence-corrected chi connectivity index (χ2v) is 5.53. The van der Waals surface area contributed by atoms with E-state index >= 15 is 0 Å². The summed E-state index contributed by atoms with van der Waals surface area (Å²) in [5.41, 5.74) is 8.63. The SMILES string of the molecule is NC(C1=CCCC1)C12CCCCC1C2. The smallest absolute Gasteiger partial charge is 0.0313 e. The molecule has 3 atom stereocenters. The lowest BCUT2D eigenvalue weighted by Gasteiger charge is -2.29. The van der Waals surface area contributed by atoms with Gasteiger partial charge in [0.15, 0.2) is 0 Å². The summed E-state index contributed by atoms with van der Waals surface area (Å²) in [7, 11) is 0. The fraction of sp³-hybridized carbons (Fsp3) is 0.846. The summed E-state index contributed by atoms with van der Waals surface area (Å²) in [4.78, 5) is 0. The van der Waals surface area contributed by atoms with Crippen LogP contribution < -0.4 is 5.73 Å². The van der Waals surface area contributed by atoms with E-state index in [2.05, 4.69) is 6.08 Å². The van der Waals surface area contributed by atoms with Gasteiger partial charge in [0, 0.05) is 6.04 Å². The van der Waals surface area contributed by atoms with Gasteiger partial charge in [0.25, 0.3) is 0 Å². The van der Waals surface area contributed by atoms with Gasteiger partial charge in [0.05, 0.1) is 0 Å². The first-order chi connectivity index (χ1) is 6.83. The number of fused-ring (bicyclic) bond motifs is 1. The van der Waals surface area contributed by atoms with E-state index in [-0.39, 0.29) is 0 Å². The lowest BCUT2D eigenvalue weighted by molar-refractivity contribution is 0.299. The third kappa shape index (κ3) is 1.18. The van der Waals surface area contributed by atoms with Gasteiger partial charge in [-0.25, -0.2) is 0 Å². The molecule has 1 heteroatoms. The van der Waals surface area contributed by atoms with Crippen molar-refractivity contribution in [1.82, 2.24) is 0 Å². The number of nitrogens with two attached hydrogens (primary N) is 1. The van der Waals surface area contributed by atoms with E-state index in [1.807, 2.05) is 0 Å². The summed E-state index contributed by atoms with van der Waals surface area (Å²) in [6.07, 6.45) is 13.5. The van der Waals surface area contributed by atoms with Crippen LogP contribution in [0.4, 0.5) is 0 Å². The maximum absolute atomic E-state index is 6.46. The minimum atomic E-state index is 0.426. The Bertz CT molecular complexity index is 268. The van der Waals surface area contributed by atoms with E-state index < -0.39 is 0 Å². The molecular formula is C13H21N. The molecule has 3 rings (SSSR count). The second kappa shape index (κ2) is 3.10. The van der Waals surface area contributed by atoms with Crippen LogP contribution in [-0.2, 0) is 0 Å². The molecule has 0 bridgehead atoms. The molecule has 3 aliphatic carbocycles. The van der Waals surface area contributed by atoms with Crippen LogP contribution in [0.25, 0.3) is 0 Å². The van der Waals surface area contributed by atoms with E-state index in [9.17, 15) is 0 Å². The quantitative estimate of drug-likeness (QED) is 0.667. The van der Waals surface area contributed by atoms with Crippen molar-refractivity contribution in [2.75, 3.05) is 0 Å². The standard InChI is InChI=1S/C13H21N/c14-12(10-5-1-2-6-10)13-8-4-3-7-11(13)9-13/h5,11-12H,1-4,6-9,14H2. The highest BCUT2D eigenvalue weighted by molar-refractivity contribution is 5.25. The van der Waals surface area contributed by atoms with Gasteiger partial charge in [-0.3, -0.25) is 0 Å². The Morgan fingerprint density at radius 1 is 1.36 bits per heavy atom. The van der Waals surface area contributed by atoms with Crippen molar-refractivity contribution >= 4 is 0 Å². The highest BCUT2D eigenvalue weighted by atomic mass is 14.8. The molecule has 2 fully saturated rings. The summed E-state index contributed by atoms with van der Waals surface area (Å²) in [5.74, 6) is 0.993. The van der Waals surface area contributed by atoms with E-state index in [0.29, 0.717) is 11.5 Å². The lowest BCUT2D eigenvalue weighted by Crippen LogP contribution is -2.35. The van der Waals surface area contributed by atoms with Gasteiger partial charge >= 0.3 is 0 Å². The molecule has 0 aromatic rings. The van der Waals surface area contributed by atoms with Crippen molar-refractivity contribution in [3.63, 3.8) is 0 Å². The molecule has 0 aromatic carbocycles. The molecule has 0 aliphatic heterocycles. The van der Waals surface area contributed by atoms with E-state index in [1.54, 1.807) is 5.57 Å². The molecule has 0 heterocycles. The zero-order valence-electron chi connectivity index (χ0n) is 8.97. The van der Waals surface area contributed by atoms with Crippen LogP contribution in [0, 0.1) is 11.3 Å². The first-order valence-electron chi connectivity index (χ1n) is 6.27. The number of rotatable bonds is 2. The minimum Gasteiger partial charge on any atom is -0.324 e. The highest BCUT2D eigenvalue weighted by Gasteiger charge is 2.58. The topological polar surface area (TPSA) is 26.0 Å². The van der Waals surface area contributed by atoms with Crippen molar-refractivity contribution in [2.24, 2.45) is 17.1 Å². The Labute approximate surface area is 86.8 Å². The van der Waals surface area contributed by atoms with Crippen LogP contribution in [0.3, 0.4) is 0 Å². The Balaban J connectivity index is 1.75. The molecule has 0 radical (unpaired) electrons. The van der Waals surface area contributed by atoms with Gasteiger partial charge in [-0.05, 0) is 49.9 Å². The molecule has 2 saturated carbocycles. The summed E-state index contributed by atoms with van der Waals surface area (Å²) < 4.78 is 0. The van der Waals surface area contributed by atoms with Gasteiger partial charge < -0.3 is 5.73 Å². The largest absolute Gasteiger partial charge is 0.324 e. The molecule has 1 nitrogen and oxygen atoms in total. The predicted octanol–water partition coefficient (Wildman–Crippen LogP) is 3.00. The summed E-state index contributed by atoms with van der Waals surface area (Å²) >= 11 is 0. The third-order valence-electron chi connectivity index (χ3n) is 4.82. The van der Waals surface area contributed by atoms with Gasteiger partial charge in [0.1, 0.15) is 0 Å². The maximum atomic E-state index is 6.46. The summed E-state index contributed by atoms with van der Waals surface area (Å²) in [6, 6.07) is 0.426. The lowest BCUT2D eigenvalue weighted by atomic mass is 9.79. The first kappa shape index (κ1) is 8.96. The average Bonchev–Trinajstić information content (AvgIpc) is 2.73. The zero-order valence-corrected chi connectivity index (χ0v) is 8.97. The normalized spacial score (nSPS) is 42.9. The number of allylic oxidation sites excluding steroid dienone is 1. The molecular weight excluding hydrogens is 170 g/mol. The predicted molar refractivity (Wildman–Crippen MR) is 58.9 cm³/mol. The van der Waals surface area contributed by atoms with Crippen LogP contribution in [0.5, 0.6) is 0 Å². The van der Waals surface area contributed by atoms with Crippen molar-refractivity contribution < 1.29 is 0 Å². The van der Waals surface area contributed by atoms with Crippen LogP contribution in [0.1, 0.15) is 51.4 Å². The van der Waals surface area contributed by atoms with Crippen molar-refractivity contribution in [1.29, 1.82) is 0 Å². The molecule has 2 N–H and O–H groups in total. The zero-order chi connectivity index (χ0) is 9.60. The molecule has 0 spiro atoms. The van der Waals surface area contributed by atoms with E-state index in [4.69, 9.17) is 5.73 Å². The van der Waals surface area contributed by atoms with Gasteiger partial charge in [0.2, 0.25) is 0 Å². The Morgan fingerprint density at radius 2 is 2.29 bits per heavy atom. The Kier molecular flexibility index (Phi) is 1.98. The highest BCUT2D eigenvalue weighted by Crippen LogP contribution is 2.64. The molecule has 0 saturated heterocycles. The van der Waals surface area contributed by atoms with Crippen molar-refractivity contribution in [3.05, 3.63) is 11.6 Å². The Morgan fingerprint density at radius 3 is 3.00 bits per heavy atom. The van der Waals surface area contributed by atoms with Crippen LogP contribution in [0.15, 0.2) is 11.6 Å². The maximum Gasteiger partial charge on any atom is 0.0313 e. The van der Waals surface area contributed by atoms with Crippen molar-refractivity contribution in [2.45, 2.75) is 57.4 Å². The van der Waals surface area contributed by atoms with Crippen LogP contribution in [0.2, 0.25) is 0 Å². The molecule has 3 unspecified atom stereocenters. The number of hydrogen-bond donors (Lipinski definition) is 1.